The molecule has 0 spiro atoms. The number of hydrogen-bond acceptors (Lipinski definition) is 4. The molecule has 1 rings (SSSR count). The third-order valence-electron chi connectivity index (χ3n) is 3.12. The number of nitrogens with zero attached hydrogens (tertiary/aromatic N) is 1. The molecule has 104 valence electrons. The largest absolute Gasteiger partial charge is 0.352 e. The highest BCUT2D eigenvalue weighted by atomic mass is 32.3. The first-order valence-corrected chi connectivity index (χ1v) is 8.36. The fourth-order valence-electron chi connectivity index (χ4n) is 1.84. The van der Waals surface area contributed by atoms with Crippen LogP contribution in [-0.2, 0) is 14.4 Å². The van der Waals surface area contributed by atoms with E-state index in [0.29, 0.717) is 17.9 Å². The number of carbonyl (C=O) groups excluding carboxylic acids is 3. The van der Waals surface area contributed by atoms with Gasteiger partial charge >= 0.3 is 0 Å². The van der Waals surface area contributed by atoms with Gasteiger partial charge < -0.3 is 4.55 Å². The molecule has 0 bridgehead atoms. The topological polar surface area (TPSA) is 74.7 Å². The average molecular weight is 275 g/mol. The van der Waals surface area contributed by atoms with E-state index in [2.05, 4.69) is 0 Å². The molecule has 0 aromatic carbocycles. The van der Waals surface area contributed by atoms with E-state index in [4.69, 9.17) is 0 Å². The number of imide groups is 1. The average Bonchev–Trinajstić information content (AvgIpc) is 2.49. The Morgan fingerprint density at radius 2 is 2.06 bits per heavy atom. The molecular formula is C12H21NO4S. The Morgan fingerprint density at radius 1 is 1.44 bits per heavy atom. The van der Waals surface area contributed by atoms with E-state index in [9.17, 15) is 18.9 Å². The van der Waals surface area contributed by atoms with Crippen LogP contribution in [0.2, 0.25) is 0 Å². The van der Waals surface area contributed by atoms with Crippen molar-refractivity contribution in [2.75, 3.05) is 24.3 Å². The van der Waals surface area contributed by atoms with Gasteiger partial charge in [0.1, 0.15) is 5.78 Å². The summed E-state index contributed by atoms with van der Waals surface area (Å²) in [7, 11) is -1.90. The second kappa shape index (κ2) is 5.84. The monoisotopic (exact) mass is 275 g/mol. The quantitative estimate of drug-likeness (QED) is 0.741. The third kappa shape index (κ3) is 4.10. The smallest absolute Gasteiger partial charge is 0.232 e. The van der Waals surface area contributed by atoms with Gasteiger partial charge in [-0.15, -0.1) is 10.3 Å². The normalized spacial score (nSPS) is 25.1. The molecule has 1 aliphatic heterocycles. The number of likely N-dealkylation sites (tertiary alicyclic amines) is 1. The minimum absolute atomic E-state index is 0.0460. The zero-order valence-electron chi connectivity index (χ0n) is 11.1. The molecule has 0 aromatic heterocycles. The fraction of sp³-hybridized carbons (Fsp3) is 0.750. The highest BCUT2D eigenvalue weighted by Gasteiger charge is 2.35. The molecule has 0 saturated carbocycles. The Labute approximate surface area is 109 Å². The molecular weight excluding hydrogens is 254 g/mol. The zero-order chi connectivity index (χ0) is 13.9. The zero-order valence-corrected chi connectivity index (χ0v) is 12.0. The first kappa shape index (κ1) is 15.2. The lowest BCUT2D eigenvalue weighted by molar-refractivity contribution is -0.138. The summed E-state index contributed by atoms with van der Waals surface area (Å²) in [4.78, 5) is 35.4. The Balaban J connectivity index is 2.46. The minimum Gasteiger partial charge on any atom is -0.352 e. The molecule has 1 saturated heterocycles. The van der Waals surface area contributed by atoms with E-state index in [-0.39, 0.29) is 36.5 Å². The first-order chi connectivity index (χ1) is 8.23. The second-order valence-electron chi connectivity index (χ2n) is 5.07. The molecule has 1 heterocycles. The summed E-state index contributed by atoms with van der Waals surface area (Å²) in [5, 5.41) is 0. The van der Waals surface area contributed by atoms with Gasteiger partial charge in [-0.3, -0.25) is 19.3 Å². The van der Waals surface area contributed by atoms with E-state index in [1.165, 1.54) is 11.8 Å². The van der Waals surface area contributed by atoms with Crippen LogP contribution in [0.3, 0.4) is 0 Å². The van der Waals surface area contributed by atoms with Crippen molar-refractivity contribution >= 4 is 27.9 Å². The SMILES string of the molecule is CC(=O)CCS(C)(O)CCN1C(=O)CC(C)C1=O. The van der Waals surface area contributed by atoms with Gasteiger partial charge in [-0.2, -0.15) is 0 Å². The predicted molar refractivity (Wildman–Crippen MR) is 71.7 cm³/mol. The first-order valence-electron chi connectivity index (χ1n) is 6.03. The number of carbonyl (C=O) groups is 3. The molecule has 0 aliphatic carbocycles. The lowest BCUT2D eigenvalue weighted by atomic mass is 10.1. The van der Waals surface area contributed by atoms with Crippen molar-refractivity contribution in [3.05, 3.63) is 0 Å². The third-order valence-corrected chi connectivity index (χ3v) is 5.26. The molecule has 2 unspecified atom stereocenters. The fourth-order valence-corrected chi connectivity index (χ4v) is 3.34. The molecule has 2 amide bonds. The van der Waals surface area contributed by atoms with Crippen LogP contribution < -0.4 is 0 Å². The Morgan fingerprint density at radius 3 is 2.50 bits per heavy atom. The van der Waals surface area contributed by atoms with Crippen LogP contribution in [0.4, 0.5) is 0 Å². The molecule has 1 fully saturated rings. The van der Waals surface area contributed by atoms with Crippen LogP contribution in [0.5, 0.6) is 0 Å². The number of ketones is 1. The molecule has 2 atom stereocenters. The summed E-state index contributed by atoms with van der Waals surface area (Å²) < 4.78 is 10.1. The minimum atomic E-state index is -1.90. The lowest BCUT2D eigenvalue weighted by Crippen LogP contribution is -2.34. The van der Waals surface area contributed by atoms with Crippen LogP contribution in [0.1, 0.15) is 26.7 Å². The highest BCUT2D eigenvalue weighted by Crippen LogP contribution is 2.39. The van der Waals surface area contributed by atoms with Gasteiger partial charge in [-0.25, -0.2) is 0 Å². The van der Waals surface area contributed by atoms with Gasteiger partial charge in [0.15, 0.2) is 0 Å². The van der Waals surface area contributed by atoms with Crippen molar-refractivity contribution in [3.8, 4) is 0 Å². The molecule has 18 heavy (non-hydrogen) atoms. The summed E-state index contributed by atoms with van der Waals surface area (Å²) in [5.74, 6) is 0.328. The van der Waals surface area contributed by atoms with Crippen molar-refractivity contribution in [2.24, 2.45) is 5.92 Å². The summed E-state index contributed by atoms with van der Waals surface area (Å²) in [6, 6.07) is 0. The van der Waals surface area contributed by atoms with Crippen molar-refractivity contribution in [3.63, 3.8) is 0 Å². The van der Waals surface area contributed by atoms with Gasteiger partial charge in [-0.1, -0.05) is 6.92 Å². The van der Waals surface area contributed by atoms with Crippen molar-refractivity contribution in [2.45, 2.75) is 26.7 Å². The van der Waals surface area contributed by atoms with Gasteiger partial charge in [0.25, 0.3) is 0 Å². The number of hydrogen-bond donors (Lipinski definition) is 1. The van der Waals surface area contributed by atoms with E-state index < -0.39 is 10.3 Å². The Hall–Kier alpha value is -0.880. The molecule has 1 N–H and O–H groups in total. The predicted octanol–water partition coefficient (Wildman–Crippen LogP) is 1.27. The number of Topliss-reactive ketones (excluding diaryl/α,β-unsaturated/α-hetero) is 1. The van der Waals surface area contributed by atoms with E-state index >= 15 is 0 Å². The van der Waals surface area contributed by atoms with Crippen LogP contribution >= 0.6 is 10.3 Å². The standard InChI is InChI=1S/C12H21NO4S/c1-9-8-11(15)13(12(9)16)5-7-18(3,17)6-4-10(2)14/h9,17H,4-8H2,1-3H3. The Bertz CT molecular complexity index is 367. The molecule has 6 heteroatoms. The van der Waals surface area contributed by atoms with Gasteiger partial charge in [-0.05, 0) is 13.2 Å². The molecule has 1 aliphatic rings. The molecule has 0 radical (unpaired) electrons. The summed E-state index contributed by atoms with van der Waals surface area (Å²) in [6.07, 6.45) is 2.33. The van der Waals surface area contributed by atoms with Crippen molar-refractivity contribution in [1.82, 2.24) is 4.90 Å². The van der Waals surface area contributed by atoms with Gasteiger partial charge in [0.2, 0.25) is 11.8 Å². The maximum absolute atomic E-state index is 11.7. The van der Waals surface area contributed by atoms with E-state index in [1.807, 2.05) is 0 Å². The number of amides is 2. The van der Waals surface area contributed by atoms with Crippen molar-refractivity contribution < 1.29 is 18.9 Å². The van der Waals surface area contributed by atoms with E-state index in [0.717, 1.165) is 0 Å². The maximum atomic E-state index is 11.7. The second-order valence-corrected chi connectivity index (χ2v) is 8.33. The van der Waals surface area contributed by atoms with Crippen LogP contribution in [0, 0.1) is 5.92 Å². The number of rotatable bonds is 6. The maximum Gasteiger partial charge on any atom is 0.232 e. The summed E-state index contributed by atoms with van der Waals surface area (Å²) >= 11 is 0. The lowest BCUT2D eigenvalue weighted by Gasteiger charge is -2.30. The van der Waals surface area contributed by atoms with Crippen LogP contribution in [0.15, 0.2) is 0 Å². The van der Waals surface area contributed by atoms with E-state index in [1.54, 1.807) is 13.2 Å². The van der Waals surface area contributed by atoms with Gasteiger partial charge in [0, 0.05) is 36.8 Å². The highest BCUT2D eigenvalue weighted by molar-refractivity contribution is 8.28. The Kier molecular flexibility index (Phi) is 4.92. The molecule has 5 nitrogen and oxygen atoms in total. The van der Waals surface area contributed by atoms with Crippen molar-refractivity contribution in [1.29, 1.82) is 0 Å². The van der Waals surface area contributed by atoms with Crippen LogP contribution in [0.25, 0.3) is 0 Å². The molecule has 0 aromatic rings. The van der Waals surface area contributed by atoms with Crippen LogP contribution in [-0.4, -0.2) is 51.4 Å². The summed E-state index contributed by atoms with van der Waals surface area (Å²) in [6.45, 7) is 3.49. The summed E-state index contributed by atoms with van der Waals surface area (Å²) in [5.41, 5.74) is 0. The van der Waals surface area contributed by atoms with Gasteiger partial charge in [0.05, 0.1) is 0 Å².